The number of pyridine rings is 1. The molecule has 164 valence electrons. The van der Waals surface area contributed by atoms with Gasteiger partial charge < -0.3 is 16.0 Å². The second-order valence-corrected chi connectivity index (χ2v) is 8.49. The maximum absolute atomic E-state index is 12.4. The van der Waals surface area contributed by atoms with Crippen LogP contribution in [0.4, 0.5) is 10.8 Å². The second kappa shape index (κ2) is 9.22. The fourth-order valence-electron chi connectivity index (χ4n) is 3.74. The Kier molecular flexibility index (Phi) is 5.82. The molecule has 8 heteroatoms. The van der Waals surface area contributed by atoms with E-state index in [-0.39, 0.29) is 18.4 Å². The molecular weight excluding hydrogens is 434 g/mol. The molecule has 33 heavy (non-hydrogen) atoms. The smallest absolute Gasteiger partial charge is 0.251 e. The van der Waals surface area contributed by atoms with Crippen molar-refractivity contribution in [3.63, 3.8) is 0 Å². The largest absolute Gasteiger partial charge is 0.384 e. The van der Waals surface area contributed by atoms with Crippen LogP contribution in [0.3, 0.4) is 0 Å². The lowest BCUT2D eigenvalue weighted by Crippen LogP contribution is -2.32. The molecule has 0 saturated heterocycles. The lowest BCUT2D eigenvalue weighted by Gasteiger charge is -2.07. The van der Waals surface area contributed by atoms with Crippen LogP contribution in [0.5, 0.6) is 0 Å². The molecule has 3 N–H and O–H groups in total. The number of benzene rings is 2. The lowest BCUT2D eigenvalue weighted by atomic mass is 10.0. The minimum absolute atomic E-state index is 0.124. The summed E-state index contributed by atoms with van der Waals surface area (Å²) in [5.74, 6) is -0.592. The van der Waals surface area contributed by atoms with Crippen molar-refractivity contribution >= 4 is 34.0 Å². The van der Waals surface area contributed by atoms with Crippen LogP contribution >= 0.6 is 11.3 Å². The number of hydrogen-bond acceptors (Lipinski definition) is 6. The van der Waals surface area contributed by atoms with E-state index < -0.39 is 0 Å². The maximum Gasteiger partial charge on any atom is 0.251 e. The molecule has 2 aromatic heterocycles. The average Bonchev–Trinajstić information content (AvgIpc) is 3.52. The minimum atomic E-state index is -0.322. The van der Waals surface area contributed by atoms with E-state index in [1.165, 1.54) is 11.3 Å². The van der Waals surface area contributed by atoms with Gasteiger partial charge in [0, 0.05) is 41.1 Å². The van der Waals surface area contributed by atoms with Crippen molar-refractivity contribution in [3.8, 4) is 22.4 Å². The van der Waals surface area contributed by atoms with Gasteiger partial charge in [0.2, 0.25) is 5.91 Å². The number of nitrogens with zero attached hydrogens (tertiary/aromatic N) is 2. The van der Waals surface area contributed by atoms with Crippen LogP contribution in [-0.4, -0.2) is 34.9 Å². The van der Waals surface area contributed by atoms with Crippen LogP contribution in [0, 0.1) is 0 Å². The number of aromatic nitrogens is 2. The SMILES string of the molecule is O=C(CNC(=O)c1ccc2c(c1)CCN2)Nc1nc(-c2cccc(-c3ccncc3)c2)cs1. The molecular formula is C25H21N5O2S. The number of carbonyl (C=O) groups is 2. The highest BCUT2D eigenvalue weighted by Gasteiger charge is 2.15. The average molecular weight is 456 g/mol. The van der Waals surface area contributed by atoms with E-state index in [1.807, 2.05) is 47.8 Å². The van der Waals surface area contributed by atoms with Gasteiger partial charge in [-0.3, -0.25) is 14.6 Å². The molecule has 3 heterocycles. The fraction of sp³-hybridized carbons (Fsp3) is 0.120. The van der Waals surface area contributed by atoms with E-state index in [0.29, 0.717) is 10.7 Å². The van der Waals surface area contributed by atoms with E-state index in [4.69, 9.17) is 0 Å². The predicted molar refractivity (Wildman–Crippen MR) is 130 cm³/mol. The van der Waals surface area contributed by atoms with Crippen molar-refractivity contribution in [1.29, 1.82) is 0 Å². The third-order valence-electron chi connectivity index (χ3n) is 5.41. The summed E-state index contributed by atoms with van der Waals surface area (Å²) in [5, 5.41) is 11.1. The van der Waals surface area contributed by atoms with Gasteiger partial charge in [-0.2, -0.15) is 0 Å². The summed E-state index contributed by atoms with van der Waals surface area (Å²) in [4.78, 5) is 33.4. The molecule has 0 spiro atoms. The highest BCUT2D eigenvalue weighted by molar-refractivity contribution is 7.14. The molecule has 2 amide bonds. The highest BCUT2D eigenvalue weighted by Crippen LogP contribution is 2.28. The third-order valence-corrected chi connectivity index (χ3v) is 6.17. The zero-order chi connectivity index (χ0) is 22.6. The highest BCUT2D eigenvalue weighted by atomic mass is 32.1. The van der Waals surface area contributed by atoms with Gasteiger partial charge in [-0.25, -0.2) is 4.98 Å². The Morgan fingerprint density at radius 3 is 2.73 bits per heavy atom. The molecule has 0 aliphatic carbocycles. The standard InChI is InChI=1S/C25H21N5O2S/c31-23(14-28-24(32)20-4-5-21-19(13-20)8-11-27-21)30-25-29-22(15-33-25)18-3-1-2-17(12-18)16-6-9-26-10-7-16/h1-7,9-10,12-13,15,27H,8,11,14H2,(H,28,32)(H,29,30,31). The van der Waals surface area contributed by atoms with Crippen molar-refractivity contribution in [2.75, 3.05) is 23.7 Å². The Balaban J connectivity index is 1.20. The number of nitrogens with one attached hydrogen (secondary N) is 3. The Morgan fingerprint density at radius 2 is 1.85 bits per heavy atom. The molecule has 7 nitrogen and oxygen atoms in total. The van der Waals surface area contributed by atoms with Crippen LogP contribution in [0.2, 0.25) is 0 Å². The zero-order valence-electron chi connectivity index (χ0n) is 17.7. The fourth-order valence-corrected chi connectivity index (χ4v) is 4.47. The van der Waals surface area contributed by atoms with Crippen molar-refractivity contribution < 1.29 is 9.59 Å². The number of fused-ring (bicyclic) bond motifs is 1. The molecule has 0 atom stereocenters. The normalized spacial score (nSPS) is 12.0. The van der Waals surface area contributed by atoms with E-state index in [0.717, 1.165) is 46.6 Å². The number of amides is 2. The van der Waals surface area contributed by atoms with Gasteiger partial charge in [-0.05, 0) is 59.5 Å². The summed E-state index contributed by atoms with van der Waals surface area (Å²) in [5.41, 5.74) is 6.62. The van der Waals surface area contributed by atoms with E-state index >= 15 is 0 Å². The summed E-state index contributed by atoms with van der Waals surface area (Å²) in [7, 11) is 0. The van der Waals surface area contributed by atoms with Crippen LogP contribution < -0.4 is 16.0 Å². The van der Waals surface area contributed by atoms with Crippen LogP contribution in [0.25, 0.3) is 22.4 Å². The summed E-state index contributed by atoms with van der Waals surface area (Å²) >= 11 is 1.35. The first-order chi connectivity index (χ1) is 16.2. The summed E-state index contributed by atoms with van der Waals surface area (Å²) in [6.45, 7) is 0.757. The third kappa shape index (κ3) is 4.75. The Labute approximate surface area is 194 Å². The van der Waals surface area contributed by atoms with Gasteiger partial charge in [-0.1, -0.05) is 18.2 Å². The Morgan fingerprint density at radius 1 is 1.00 bits per heavy atom. The molecule has 5 rings (SSSR count). The zero-order valence-corrected chi connectivity index (χ0v) is 18.5. The van der Waals surface area contributed by atoms with Gasteiger partial charge in [-0.15, -0.1) is 11.3 Å². The summed E-state index contributed by atoms with van der Waals surface area (Å²) < 4.78 is 0. The summed E-state index contributed by atoms with van der Waals surface area (Å²) in [6.07, 6.45) is 4.42. The van der Waals surface area contributed by atoms with Crippen LogP contribution in [-0.2, 0) is 11.2 Å². The molecule has 0 fully saturated rings. The van der Waals surface area contributed by atoms with Gasteiger partial charge in [0.15, 0.2) is 5.13 Å². The first kappa shape index (κ1) is 20.8. The number of hydrogen-bond donors (Lipinski definition) is 3. The van der Waals surface area contributed by atoms with Crippen LogP contribution in [0.1, 0.15) is 15.9 Å². The summed E-state index contributed by atoms with van der Waals surface area (Å²) in [6, 6.07) is 17.5. The molecule has 1 aliphatic heterocycles. The molecule has 2 aromatic carbocycles. The van der Waals surface area contributed by atoms with Crippen molar-refractivity contribution in [2.24, 2.45) is 0 Å². The molecule has 0 bridgehead atoms. The number of carbonyl (C=O) groups excluding carboxylic acids is 2. The molecule has 0 radical (unpaired) electrons. The van der Waals surface area contributed by atoms with Crippen molar-refractivity contribution in [1.82, 2.24) is 15.3 Å². The Bertz CT molecular complexity index is 1320. The monoisotopic (exact) mass is 455 g/mol. The van der Waals surface area contributed by atoms with E-state index in [9.17, 15) is 9.59 Å². The topological polar surface area (TPSA) is 96.0 Å². The molecule has 0 unspecified atom stereocenters. The van der Waals surface area contributed by atoms with Gasteiger partial charge in [0.1, 0.15) is 0 Å². The van der Waals surface area contributed by atoms with Crippen molar-refractivity contribution in [2.45, 2.75) is 6.42 Å². The number of rotatable bonds is 6. The van der Waals surface area contributed by atoms with E-state index in [2.05, 4.69) is 32.0 Å². The van der Waals surface area contributed by atoms with E-state index in [1.54, 1.807) is 18.5 Å². The second-order valence-electron chi connectivity index (χ2n) is 7.63. The number of thiazole rings is 1. The first-order valence-electron chi connectivity index (χ1n) is 10.6. The maximum atomic E-state index is 12.4. The molecule has 0 saturated carbocycles. The van der Waals surface area contributed by atoms with Crippen LogP contribution in [0.15, 0.2) is 72.4 Å². The van der Waals surface area contributed by atoms with Gasteiger partial charge in [0.05, 0.1) is 12.2 Å². The predicted octanol–water partition coefficient (Wildman–Crippen LogP) is 4.21. The van der Waals surface area contributed by atoms with Gasteiger partial charge in [0.25, 0.3) is 5.91 Å². The first-order valence-corrected chi connectivity index (χ1v) is 11.4. The minimum Gasteiger partial charge on any atom is -0.384 e. The van der Waals surface area contributed by atoms with Crippen molar-refractivity contribution in [3.05, 3.63) is 83.5 Å². The molecule has 1 aliphatic rings. The number of anilines is 2. The molecule has 4 aromatic rings. The Hall–Kier alpha value is -4.04. The lowest BCUT2D eigenvalue weighted by molar-refractivity contribution is -0.115. The van der Waals surface area contributed by atoms with Gasteiger partial charge >= 0.3 is 0 Å². The quantitative estimate of drug-likeness (QED) is 0.405.